The minimum atomic E-state index is -0.237. The number of aliphatic imine (C=N–C) groups is 1. The average Bonchev–Trinajstić information content (AvgIpc) is 2.62. The number of methoxy groups -OCH3 is 1. The quantitative estimate of drug-likeness (QED) is 0.348. The highest BCUT2D eigenvalue weighted by atomic mass is 127. The number of hydrogen-bond acceptors (Lipinski definition) is 4. The van der Waals surface area contributed by atoms with Crippen molar-refractivity contribution in [3.05, 3.63) is 24.3 Å². The number of piperidine rings is 1. The van der Waals surface area contributed by atoms with Gasteiger partial charge >= 0.3 is 0 Å². The fourth-order valence-corrected chi connectivity index (χ4v) is 3.25. The summed E-state index contributed by atoms with van der Waals surface area (Å²) in [6.07, 6.45) is 2.44. The van der Waals surface area contributed by atoms with Crippen molar-refractivity contribution in [1.82, 2.24) is 10.2 Å². The van der Waals surface area contributed by atoms with Gasteiger partial charge in [-0.05, 0) is 37.8 Å². The standard InChI is InChI=1S/C19H30N4O3.HI/c1-14(26-17-9-5-4-8-16(17)25-3)12-22-19(21-2)23-10-6-7-15(13-23)11-18(20)24;/h4-5,8-9,14-15H,6-7,10-13H2,1-3H3,(H2,20,24)(H,21,22);1H. The summed E-state index contributed by atoms with van der Waals surface area (Å²) >= 11 is 0. The van der Waals surface area contributed by atoms with E-state index < -0.39 is 0 Å². The minimum Gasteiger partial charge on any atom is -0.493 e. The van der Waals surface area contributed by atoms with E-state index in [1.807, 2.05) is 31.2 Å². The van der Waals surface area contributed by atoms with Crippen molar-refractivity contribution in [2.45, 2.75) is 32.3 Å². The lowest BCUT2D eigenvalue weighted by atomic mass is 9.95. The molecular formula is C19H31IN4O3. The number of carbonyl (C=O) groups is 1. The molecule has 0 radical (unpaired) electrons. The smallest absolute Gasteiger partial charge is 0.217 e. The molecule has 1 aliphatic rings. The molecule has 2 unspecified atom stereocenters. The Labute approximate surface area is 178 Å². The summed E-state index contributed by atoms with van der Waals surface area (Å²) in [5, 5.41) is 3.36. The lowest BCUT2D eigenvalue weighted by Crippen LogP contribution is -2.49. The van der Waals surface area contributed by atoms with Gasteiger partial charge < -0.3 is 25.4 Å². The predicted molar refractivity (Wildman–Crippen MR) is 118 cm³/mol. The van der Waals surface area contributed by atoms with Crippen LogP contribution in [0.5, 0.6) is 11.5 Å². The Morgan fingerprint density at radius 2 is 2.11 bits per heavy atom. The van der Waals surface area contributed by atoms with Gasteiger partial charge in [-0.1, -0.05) is 12.1 Å². The van der Waals surface area contributed by atoms with Gasteiger partial charge in [0.15, 0.2) is 17.5 Å². The molecule has 2 atom stereocenters. The number of nitrogens with two attached hydrogens (primary N) is 1. The molecule has 1 saturated heterocycles. The van der Waals surface area contributed by atoms with E-state index in [2.05, 4.69) is 15.2 Å². The van der Waals surface area contributed by atoms with Crippen LogP contribution >= 0.6 is 24.0 Å². The number of carbonyl (C=O) groups excluding carboxylic acids is 1. The van der Waals surface area contributed by atoms with Gasteiger partial charge in [0.25, 0.3) is 0 Å². The van der Waals surface area contributed by atoms with Crippen LogP contribution in [0, 0.1) is 5.92 Å². The van der Waals surface area contributed by atoms with Crippen LogP contribution in [0.3, 0.4) is 0 Å². The normalized spacial score (nSPS) is 18.3. The third kappa shape index (κ3) is 7.43. The Morgan fingerprint density at radius 1 is 1.41 bits per heavy atom. The molecule has 0 spiro atoms. The van der Waals surface area contributed by atoms with Crippen LogP contribution in [0.4, 0.5) is 0 Å². The first-order chi connectivity index (χ1) is 12.5. The fraction of sp³-hybridized carbons (Fsp3) is 0.579. The third-order valence-corrected chi connectivity index (χ3v) is 4.47. The Morgan fingerprint density at radius 3 is 2.74 bits per heavy atom. The first-order valence-corrected chi connectivity index (χ1v) is 9.07. The van der Waals surface area contributed by atoms with Gasteiger partial charge in [0.05, 0.1) is 13.7 Å². The zero-order valence-corrected chi connectivity index (χ0v) is 18.6. The first-order valence-electron chi connectivity index (χ1n) is 9.07. The van der Waals surface area contributed by atoms with E-state index in [1.54, 1.807) is 14.2 Å². The van der Waals surface area contributed by atoms with E-state index in [0.29, 0.717) is 24.6 Å². The summed E-state index contributed by atoms with van der Waals surface area (Å²) in [6.45, 7) is 4.33. The summed E-state index contributed by atoms with van der Waals surface area (Å²) in [7, 11) is 3.40. The van der Waals surface area contributed by atoms with Crippen molar-refractivity contribution in [3.8, 4) is 11.5 Å². The Hall–Kier alpha value is -1.71. The second-order valence-corrected chi connectivity index (χ2v) is 6.63. The van der Waals surface area contributed by atoms with Crippen LogP contribution in [-0.2, 0) is 4.79 Å². The van der Waals surface area contributed by atoms with Crippen molar-refractivity contribution >= 4 is 35.8 Å². The number of primary amides is 1. The maximum absolute atomic E-state index is 11.2. The summed E-state index contributed by atoms with van der Waals surface area (Å²) < 4.78 is 11.3. The molecule has 1 amide bonds. The molecular weight excluding hydrogens is 459 g/mol. The zero-order chi connectivity index (χ0) is 18.9. The summed E-state index contributed by atoms with van der Waals surface area (Å²) in [5.41, 5.74) is 5.34. The number of hydrogen-bond donors (Lipinski definition) is 2. The van der Waals surface area contributed by atoms with Crippen LogP contribution in [0.15, 0.2) is 29.3 Å². The van der Waals surface area contributed by atoms with E-state index in [0.717, 1.165) is 37.6 Å². The molecule has 1 heterocycles. The molecule has 1 aromatic rings. The molecule has 2 rings (SSSR count). The lowest BCUT2D eigenvalue weighted by molar-refractivity contribution is -0.119. The minimum absolute atomic E-state index is 0. The molecule has 1 aliphatic heterocycles. The van der Waals surface area contributed by atoms with Crippen molar-refractivity contribution < 1.29 is 14.3 Å². The summed E-state index contributed by atoms with van der Waals surface area (Å²) in [4.78, 5) is 17.7. The molecule has 27 heavy (non-hydrogen) atoms. The van der Waals surface area contributed by atoms with Crippen molar-refractivity contribution in [2.24, 2.45) is 16.6 Å². The maximum Gasteiger partial charge on any atom is 0.217 e. The van der Waals surface area contributed by atoms with Gasteiger partial charge in [-0.2, -0.15) is 0 Å². The second-order valence-electron chi connectivity index (χ2n) is 6.63. The molecule has 1 aromatic carbocycles. The number of nitrogens with zero attached hydrogens (tertiary/aromatic N) is 2. The highest BCUT2D eigenvalue weighted by Crippen LogP contribution is 2.26. The van der Waals surface area contributed by atoms with Crippen molar-refractivity contribution in [2.75, 3.05) is 33.8 Å². The van der Waals surface area contributed by atoms with Gasteiger partial charge in [0.2, 0.25) is 5.91 Å². The summed E-state index contributed by atoms with van der Waals surface area (Å²) in [5.74, 6) is 2.32. The van der Waals surface area contributed by atoms with E-state index in [4.69, 9.17) is 15.2 Å². The molecule has 1 fully saturated rings. The van der Waals surface area contributed by atoms with Gasteiger partial charge in [-0.15, -0.1) is 24.0 Å². The summed E-state index contributed by atoms with van der Waals surface area (Å²) in [6, 6.07) is 7.60. The highest BCUT2D eigenvalue weighted by molar-refractivity contribution is 14.0. The van der Waals surface area contributed by atoms with Crippen LogP contribution < -0.4 is 20.5 Å². The molecule has 0 saturated carbocycles. The van der Waals surface area contributed by atoms with Gasteiger partial charge in [-0.25, -0.2) is 0 Å². The SMILES string of the molecule is CN=C(NCC(C)Oc1ccccc1OC)N1CCCC(CC(N)=O)C1.I. The maximum atomic E-state index is 11.2. The highest BCUT2D eigenvalue weighted by Gasteiger charge is 2.23. The van der Waals surface area contributed by atoms with Crippen LogP contribution in [-0.4, -0.2) is 56.7 Å². The predicted octanol–water partition coefficient (Wildman–Crippen LogP) is 2.24. The lowest BCUT2D eigenvalue weighted by Gasteiger charge is -2.35. The number of benzene rings is 1. The fourth-order valence-electron chi connectivity index (χ4n) is 3.25. The Balaban J connectivity index is 0.00000364. The number of amides is 1. The molecule has 3 N–H and O–H groups in total. The van der Waals surface area contributed by atoms with E-state index >= 15 is 0 Å². The number of para-hydroxylation sites is 2. The molecule has 8 heteroatoms. The third-order valence-electron chi connectivity index (χ3n) is 4.47. The van der Waals surface area contributed by atoms with E-state index in [1.165, 1.54) is 0 Å². The average molecular weight is 490 g/mol. The second kappa shape index (κ2) is 11.9. The monoisotopic (exact) mass is 490 g/mol. The zero-order valence-electron chi connectivity index (χ0n) is 16.3. The number of halogens is 1. The number of likely N-dealkylation sites (tertiary alicyclic amines) is 1. The van der Waals surface area contributed by atoms with Gasteiger partial charge in [0.1, 0.15) is 6.10 Å². The molecule has 0 aromatic heterocycles. The van der Waals surface area contributed by atoms with Crippen LogP contribution in [0.2, 0.25) is 0 Å². The number of nitrogens with one attached hydrogen (secondary N) is 1. The largest absolute Gasteiger partial charge is 0.493 e. The van der Waals surface area contributed by atoms with Crippen molar-refractivity contribution in [1.29, 1.82) is 0 Å². The van der Waals surface area contributed by atoms with Crippen molar-refractivity contribution in [3.63, 3.8) is 0 Å². The molecule has 152 valence electrons. The van der Waals surface area contributed by atoms with E-state index in [-0.39, 0.29) is 36.0 Å². The molecule has 0 bridgehead atoms. The first kappa shape index (κ1) is 23.3. The van der Waals surface area contributed by atoms with Crippen LogP contribution in [0.25, 0.3) is 0 Å². The van der Waals surface area contributed by atoms with Gasteiger partial charge in [-0.3, -0.25) is 9.79 Å². The Bertz CT molecular complexity index is 627. The van der Waals surface area contributed by atoms with Crippen LogP contribution in [0.1, 0.15) is 26.2 Å². The Kier molecular flexibility index (Phi) is 10.3. The number of guanidine groups is 1. The topological polar surface area (TPSA) is 89.2 Å². The van der Waals surface area contributed by atoms with Gasteiger partial charge in [0, 0.05) is 26.6 Å². The molecule has 0 aliphatic carbocycles. The number of ether oxygens (including phenoxy) is 2. The molecule has 7 nitrogen and oxygen atoms in total. The number of rotatable bonds is 7. The van der Waals surface area contributed by atoms with E-state index in [9.17, 15) is 4.79 Å².